The zero-order chi connectivity index (χ0) is 15.4. The first kappa shape index (κ1) is 14.6. The van der Waals surface area contributed by atoms with E-state index in [0.29, 0.717) is 5.56 Å². The van der Waals surface area contributed by atoms with Crippen LogP contribution in [-0.2, 0) is 9.59 Å². The molecule has 108 valence electrons. The van der Waals surface area contributed by atoms with Crippen molar-refractivity contribution < 1.29 is 18.4 Å². The monoisotopic (exact) mass is 291 g/mol. The van der Waals surface area contributed by atoms with Crippen LogP contribution in [0.15, 0.2) is 36.5 Å². The molecule has 0 saturated carbocycles. The van der Waals surface area contributed by atoms with Crippen molar-refractivity contribution in [3.05, 3.63) is 53.7 Å². The topological polar surface area (TPSA) is 71.1 Å². The van der Waals surface area contributed by atoms with Crippen LogP contribution >= 0.6 is 0 Å². The van der Waals surface area contributed by atoms with E-state index in [4.69, 9.17) is 0 Å². The van der Waals surface area contributed by atoms with E-state index >= 15 is 0 Å². The second kappa shape index (κ2) is 6.08. The van der Waals surface area contributed by atoms with Gasteiger partial charge in [0.05, 0.1) is 0 Å². The summed E-state index contributed by atoms with van der Waals surface area (Å²) in [6.07, 6.45) is 1.44. The molecule has 21 heavy (non-hydrogen) atoms. The van der Waals surface area contributed by atoms with Gasteiger partial charge in [-0.3, -0.25) is 9.59 Å². The Bertz CT molecular complexity index is 684. The van der Waals surface area contributed by atoms with Gasteiger partial charge in [0.15, 0.2) is 0 Å². The van der Waals surface area contributed by atoms with E-state index < -0.39 is 29.1 Å². The minimum Gasteiger partial charge on any atom is -0.313 e. The number of hydrogen-bond donors (Lipinski definition) is 2. The quantitative estimate of drug-likeness (QED) is 0.834. The zero-order valence-electron chi connectivity index (χ0n) is 11.0. The number of nitrogens with one attached hydrogen (secondary N) is 2. The molecule has 0 atom stereocenters. The first-order valence-electron chi connectivity index (χ1n) is 5.97. The van der Waals surface area contributed by atoms with E-state index in [1.807, 2.05) is 5.32 Å². The number of pyridine rings is 1. The lowest BCUT2D eigenvalue weighted by Crippen LogP contribution is -2.30. The summed E-state index contributed by atoms with van der Waals surface area (Å²) >= 11 is 0. The predicted octanol–water partition coefficient (Wildman–Crippen LogP) is 2.25. The zero-order valence-corrected chi connectivity index (χ0v) is 11.0. The molecule has 1 heterocycles. The van der Waals surface area contributed by atoms with Gasteiger partial charge in [-0.2, -0.15) is 0 Å². The Balaban J connectivity index is 2.10. The Hall–Kier alpha value is -2.83. The molecule has 0 bridgehead atoms. The second-order valence-electron chi connectivity index (χ2n) is 4.17. The van der Waals surface area contributed by atoms with Crippen LogP contribution in [0.2, 0.25) is 0 Å². The number of amides is 2. The fraction of sp³-hybridized carbons (Fsp3) is 0.0714. The lowest BCUT2D eigenvalue weighted by atomic mass is 10.2. The standard InChI is InChI=1S/C14H11F2N3O2/c1-8-4-3-7-17-12(8)19-14(21)13(20)18-11-9(15)5-2-6-10(11)16/h2-7H,1H3,(H,18,20)(H,17,19,21). The summed E-state index contributed by atoms with van der Waals surface area (Å²) in [6, 6.07) is 6.45. The minimum absolute atomic E-state index is 0.201. The van der Waals surface area contributed by atoms with Gasteiger partial charge in [0, 0.05) is 6.20 Å². The molecule has 1 aromatic carbocycles. The molecule has 2 aromatic rings. The highest BCUT2D eigenvalue weighted by Crippen LogP contribution is 2.18. The van der Waals surface area contributed by atoms with Gasteiger partial charge < -0.3 is 10.6 Å². The number of carbonyl (C=O) groups excluding carboxylic acids is 2. The SMILES string of the molecule is Cc1cccnc1NC(=O)C(=O)Nc1c(F)cccc1F. The third-order valence-corrected chi connectivity index (χ3v) is 2.65. The van der Waals surface area contributed by atoms with Crippen LogP contribution in [-0.4, -0.2) is 16.8 Å². The number of rotatable bonds is 2. The van der Waals surface area contributed by atoms with Crippen molar-refractivity contribution in [3.8, 4) is 0 Å². The average Bonchev–Trinajstić information content (AvgIpc) is 2.45. The number of hydrogen-bond acceptors (Lipinski definition) is 3. The number of halogens is 2. The van der Waals surface area contributed by atoms with Gasteiger partial charge in [-0.1, -0.05) is 12.1 Å². The van der Waals surface area contributed by atoms with Crippen molar-refractivity contribution in [3.63, 3.8) is 0 Å². The van der Waals surface area contributed by atoms with Crippen LogP contribution in [0.1, 0.15) is 5.56 Å². The van der Waals surface area contributed by atoms with E-state index in [9.17, 15) is 18.4 Å². The average molecular weight is 291 g/mol. The number of anilines is 2. The van der Waals surface area contributed by atoms with E-state index in [1.54, 1.807) is 19.1 Å². The first-order valence-corrected chi connectivity index (χ1v) is 5.97. The van der Waals surface area contributed by atoms with Crippen molar-refractivity contribution in [2.75, 3.05) is 10.6 Å². The lowest BCUT2D eigenvalue weighted by Gasteiger charge is -2.08. The summed E-state index contributed by atoms with van der Waals surface area (Å²) < 4.78 is 26.7. The molecule has 0 radical (unpaired) electrons. The van der Waals surface area contributed by atoms with Crippen molar-refractivity contribution in [2.24, 2.45) is 0 Å². The van der Waals surface area contributed by atoms with Gasteiger partial charge in [0.2, 0.25) is 0 Å². The van der Waals surface area contributed by atoms with E-state index in [0.717, 1.165) is 18.2 Å². The van der Waals surface area contributed by atoms with Gasteiger partial charge in [0.1, 0.15) is 23.1 Å². The molecule has 2 amide bonds. The van der Waals surface area contributed by atoms with Gasteiger partial charge in [-0.15, -0.1) is 0 Å². The summed E-state index contributed by atoms with van der Waals surface area (Å²) in [7, 11) is 0. The highest BCUT2D eigenvalue weighted by molar-refractivity contribution is 6.43. The lowest BCUT2D eigenvalue weighted by molar-refractivity contribution is -0.133. The molecular formula is C14H11F2N3O2. The van der Waals surface area contributed by atoms with Crippen LogP contribution in [0, 0.1) is 18.6 Å². The molecule has 2 N–H and O–H groups in total. The number of aromatic nitrogens is 1. The molecule has 0 saturated heterocycles. The third kappa shape index (κ3) is 3.38. The van der Waals surface area contributed by atoms with Crippen molar-refractivity contribution in [1.82, 2.24) is 4.98 Å². The Kier molecular flexibility index (Phi) is 4.22. The fourth-order valence-electron chi connectivity index (χ4n) is 1.57. The molecular weight excluding hydrogens is 280 g/mol. The van der Waals surface area contributed by atoms with Crippen molar-refractivity contribution >= 4 is 23.3 Å². The Labute approximate surface area is 119 Å². The van der Waals surface area contributed by atoms with Crippen LogP contribution < -0.4 is 10.6 Å². The Morgan fingerprint density at radius 1 is 1.00 bits per heavy atom. The molecule has 0 unspecified atom stereocenters. The highest BCUT2D eigenvalue weighted by atomic mass is 19.1. The molecule has 0 aliphatic heterocycles. The summed E-state index contributed by atoms with van der Waals surface area (Å²) in [5, 5.41) is 4.15. The maximum atomic E-state index is 13.4. The van der Waals surface area contributed by atoms with E-state index in [-0.39, 0.29) is 5.82 Å². The summed E-state index contributed by atoms with van der Waals surface area (Å²) in [6.45, 7) is 1.69. The molecule has 2 rings (SSSR count). The second-order valence-corrected chi connectivity index (χ2v) is 4.17. The molecule has 0 fully saturated rings. The molecule has 5 nitrogen and oxygen atoms in total. The molecule has 0 aliphatic carbocycles. The number of carbonyl (C=O) groups is 2. The van der Waals surface area contributed by atoms with Crippen molar-refractivity contribution in [1.29, 1.82) is 0 Å². The summed E-state index contributed by atoms with van der Waals surface area (Å²) in [5.74, 6) is -3.99. The van der Waals surface area contributed by atoms with Gasteiger partial charge >= 0.3 is 11.8 Å². The number of aryl methyl sites for hydroxylation is 1. The van der Waals surface area contributed by atoms with Gasteiger partial charge in [-0.05, 0) is 30.7 Å². The van der Waals surface area contributed by atoms with E-state index in [1.165, 1.54) is 6.20 Å². The Morgan fingerprint density at radius 3 is 2.24 bits per heavy atom. The van der Waals surface area contributed by atoms with Crippen LogP contribution in [0.25, 0.3) is 0 Å². The van der Waals surface area contributed by atoms with Crippen LogP contribution in [0.4, 0.5) is 20.3 Å². The minimum atomic E-state index is -1.19. The number of benzene rings is 1. The number of para-hydroxylation sites is 1. The predicted molar refractivity (Wildman–Crippen MR) is 72.6 cm³/mol. The maximum Gasteiger partial charge on any atom is 0.315 e. The highest BCUT2D eigenvalue weighted by Gasteiger charge is 2.19. The maximum absolute atomic E-state index is 13.4. The normalized spacial score (nSPS) is 10.0. The molecule has 0 aliphatic rings. The summed E-state index contributed by atoms with van der Waals surface area (Å²) in [4.78, 5) is 27.2. The van der Waals surface area contributed by atoms with E-state index in [2.05, 4.69) is 10.3 Å². The molecule has 7 heteroatoms. The first-order chi connectivity index (χ1) is 9.99. The van der Waals surface area contributed by atoms with Gasteiger partial charge in [-0.25, -0.2) is 13.8 Å². The summed E-state index contributed by atoms with van der Waals surface area (Å²) in [5.41, 5.74) is -0.0221. The number of nitrogens with zero attached hydrogens (tertiary/aromatic N) is 1. The fourth-order valence-corrected chi connectivity index (χ4v) is 1.57. The van der Waals surface area contributed by atoms with Crippen LogP contribution in [0.5, 0.6) is 0 Å². The van der Waals surface area contributed by atoms with Crippen molar-refractivity contribution in [2.45, 2.75) is 6.92 Å². The smallest absolute Gasteiger partial charge is 0.313 e. The van der Waals surface area contributed by atoms with Gasteiger partial charge in [0.25, 0.3) is 0 Å². The Morgan fingerprint density at radius 2 is 1.62 bits per heavy atom. The largest absolute Gasteiger partial charge is 0.315 e. The molecule has 1 aromatic heterocycles. The molecule has 0 spiro atoms. The van der Waals surface area contributed by atoms with Crippen LogP contribution in [0.3, 0.4) is 0 Å². The third-order valence-electron chi connectivity index (χ3n) is 2.65.